The van der Waals surface area contributed by atoms with Crippen LogP contribution in [-0.2, 0) is 0 Å². The standard InChI is InChI=1S/C21H27N3O2/c1-14-5-4-10-24(14)18-11-17(12-18)15-6-8-16(9-7-15)19-13-22-21(26-3)23-20(19)25-2/h6-9,13-14,17-18H,4-5,10-12H2,1-3H3/t14-,17?,18?/m1/s1. The molecule has 0 radical (unpaired) electrons. The highest BCUT2D eigenvalue weighted by Gasteiger charge is 2.37. The topological polar surface area (TPSA) is 47.5 Å². The van der Waals surface area contributed by atoms with E-state index in [4.69, 9.17) is 9.47 Å². The van der Waals surface area contributed by atoms with Crippen molar-refractivity contribution in [1.29, 1.82) is 0 Å². The summed E-state index contributed by atoms with van der Waals surface area (Å²) >= 11 is 0. The molecular weight excluding hydrogens is 326 g/mol. The lowest BCUT2D eigenvalue weighted by molar-refractivity contribution is 0.103. The van der Waals surface area contributed by atoms with Gasteiger partial charge in [-0.2, -0.15) is 4.98 Å². The number of ether oxygens (including phenoxy) is 2. The molecule has 1 aromatic carbocycles. The minimum absolute atomic E-state index is 0.318. The third-order valence-corrected chi connectivity index (χ3v) is 5.99. The molecule has 0 N–H and O–H groups in total. The van der Waals surface area contributed by atoms with Crippen molar-refractivity contribution in [2.75, 3.05) is 20.8 Å². The number of hydrogen-bond acceptors (Lipinski definition) is 5. The Morgan fingerprint density at radius 2 is 1.85 bits per heavy atom. The van der Waals surface area contributed by atoms with Crippen LogP contribution in [0.5, 0.6) is 11.9 Å². The van der Waals surface area contributed by atoms with Crippen LogP contribution in [0.3, 0.4) is 0 Å². The molecule has 2 aliphatic rings. The van der Waals surface area contributed by atoms with E-state index in [1.54, 1.807) is 20.4 Å². The third-order valence-electron chi connectivity index (χ3n) is 5.99. The summed E-state index contributed by atoms with van der Waals surface area (Å²) in [6.45, 7) is 3.66. The molecule has 2 aromatic rings. The van der Waals surface area contributed by atoms with Gasteiger partial charge in [0.15, 0.2) is 0 Å². The van der Waals surface area contributed by atoms with Crippen molar-refractivity contribution in [3.05, 3.63) is 36.0 Å². The molecule has 0 spiro atoms. The first-order valence-corrected chi connectivity index (χ1v) is 9.50. The van der Waals surface area contributed by atoms with E-state index in [0.717, 1.165) is 23.2 Å². The third kappa shape index (κ3) is 3.16. The normalized spacial score (nSPS) is 25.7. The molecule has 2 fully saturated rings. The molecule has 1 aromatic heterocycles. The molecule has 0 unspecified atom stereocenters. The fourth-order valence-corrected chi connectivity index (χ4v) is 4.37. The fraction of sp³-hybridized carbons (Fsp3) is 0.524. The molecule has 1 atom stereocenters. The van der Waals surface area contributed by atoms with Crippen LogP contribution in [0.4, 0.5) is 0 Å². The Kier molecular flexibility index (Phi) is 4.81. The molecule has 0 bridgehead atoms. The van der Waals surface area contributed by atoms with Crippen molar-refractivity contribution >= 4 is 0 Å². The molecule has 5 nitrogen and oxygen atoms in total. The molecule has 5 heteroatoms. The van der Waals surface area contributed by atoms with Gasteiger partial charge in [-0.15, -0.1) is 0 Å². The van der Waals surface area contributed by atoms with E-state index in [9.17, 15) is 0 Å². The van der Waals surface area contributed by atoms with Crippen molar-refractivity contribution in [3.63, 3.8) is 0 Å². The highest BCUT2D eigenvalue weighted by atomic mass is 16.5. The first-order valence-electron chi connectivity index (χ1n) is 9.50. The minimum Gasteiger partial charge on any atom is -0.480 e. The van der Waals surface area contributed by atoms with Gasteiger partial charge < -0.3 is 9.47 Å². The molecule has 1 aliphatic heterocycles. The average Bonchev–Trinajstić information content (AvgIpc) is 3.06. The molecule has 1 saturated heterocycles. The zero-order chi connectivity index (χ0) is 18.1. The van der Waals surface area contributed by atoms with Crippen LogP contribution < -0.4 is 9.47 Å². The lowest BCUT2D eigenvalue weighted by Crippen LogP contribution is -2.45. The quantitative estimate of drug-likeness (QED) is 0.816. The summed E-state index contributed by atoms with van der Waals surface area (Å²) in [6, 6.07) is 10.7. The van der Waals surface area contributed by atoms with Crippen LogP contribution in [0.15, 0.2) is 30.5 Å². The molecule has 1 saturated carbocycles. The van der Waals surface area contributed by atoms with Gasteiger partial charge in [0.05, 0.1) is 19.8 Å². The van der Waals surface area contributed by atoms with Gasteiger partial charge in [-0.3, -0.25) is 4.90 Å². The summed E-state index contributed by atoms with van der Waals surface area (Å²) < 4.78 is 10.5. The second-order valence-corrected chi connectivity index (χ2v) is 7.45. The Hall–Kier alpha value is -2.14. The summed E-state index contributed by atoms with van der Waals surface area (Å²) in [5.74, 6) is 1.23. The largest absolute Gasteiger partial charge is 0.480 e. The molecule has 138 valence electrons. The molecule has 4 rings (SSSR count). The highest BCUT2D eigenvalue weighted by Crippen LogP contribution is 2.42. The van der Waals surface area contributed by atoms with Crippen molar-refractivity contribution < 1.29 is 9.47 Å². The monoisotopic (exact) mass is 353 g/mol. The number of nitrogens with zero attached hydrogens (tertiary/aromatic N) is 3. The predicted molar refractivity (Wildman–Crippen MR) is 102 cm³/mol. The smallest absolute Gasteiger partial charge is 0.319 e. The first-order chi connectivity index (χ1) is 12.7. The lowest BCUT2D eigenvalue weighted by Gasteiger charge is -2.43. The zero-order valence-corrected chi connectivity index (χ0v) is 15.8. The fourth-order valence-electron chi connectivity index (χ4n) is 4.37. The first kappa shape index (κ1) is 17.3. The molecule has 0 amide bonds. The van der Waals surface area contributed by atoms with E-state index < -0.39 is 0 Å². The van der Waals surface area contributed by atoms with E-state index in [1.807, 2.05) is 0 Å². The van der Waals surface area contributed by atoms with Gasteiger partial charge in [-0.1, -0.05) is 24.3 Å². The maximum atomic E-state index is 5.40. The van der Waals surface area contributed by atoms with Crippen LogP contribution >= 0.6 is 0 Å². The number of hydrogen-bond donors (Lipinski definition) is 0. The Morgan fingerprint density at radius 3 is 2.46 bits per heavy atom. The van der Waals surface area contributed by atoms with Gasteiger partial charge >= 0.3 is 6.01 Å². The molecule has 26 heavy (non-hydrogen) atoms. The molecular formula is C21H27N3O2. The number of methoxy groups -OCH3 is 2. The van der Waals surface area contributed by atoms with Gasteiger partial charge in [-0.25, -0.2) is 4.98 Å². The SMILES string of the molecule is COc1ncc(-c2ccc(C3CC(N4CCC[C@H]4C)C3)cc2)c(OC)n1. The Labute approximate surface area is 155 Å². The molecule has 1 aliphatic carbocycles. The number of likely N-dealkylation sites (tertiary alicyclic amines) is 1. The van der Waals surface area contributed by atoms with E-state index in [0.29, 0.717) is 17.8 Å². The Bertz CT molecular complexity index is 756. The van der Waals surface area contributed by atoms with Crippen LogP contribution in [0, 0.1) is 0 Å². The van der Waals surface area contributed by atoms with Crippen molar-refractivity contribution in [2.45, 2.75) is 50.6 Å². The second-order valence-electron chi connectivity index (χ2n) is 7.45. The van der Waals surface area contributed by atoms with Gasteiger partial charge in [0, 0.05) is 18.3 Å². The number of benzene rings is 1. The summed E-state index contributed by atoms with van der Waals surface area (Å²) in [5.41, 5.74) is 3.39. The van der Waals surface area contributed by atoms with Crippen molar-refractivity contribution in [1.82, 2.24) is 14.9 Å². The number of aromatic nitrogens is 2. The van der Waals surface area contributed by atoms with Gasteiger partial charge in [0.25, 0.3) is 0 Å². The summed E-state index contributed by atoms with van der Waals surface area (Å²) in [6.07, 6.45) is 7.07. The summed E-state index contributed by atoms with van der Waals surface area (Å²) in [4.78, 5) is 11.2. The maximum absolute atomic E-state index is 5.40. The average molecular weight is 353 g/mol. The summed E-state index contributed by atoms with van der Waals surface area (Å²) in [7, 11) is 3.17. The van der Waals surface area contributed by atoms with E-state index in [1.165, 1.54) is 37.8 Å². The van der Waals surface area contributed by atoms with Crippen LogP contribution in [0.2, 0.25) is 0 Å². The Balaban J connectivity index is 1.45. The van der Waals surface area contributed by atoms with Gasteiger partial charge in [0.1, 0.15) is 0 Å². The number of rotatable bonds is 5. The van der Waals surface area contributed by atoms with E-state index in [2.05, 4.69) is 46.1 Å². The summed E-state index contributed by atoms with van der Waals surface area (Å²) in [5, 5.41) is 0. The van der Waals surface area contributed by atoms with Crippen molar-refractivity contribution in [2.24, 2.45) is 0 Å². The zero-order valence-electron chi connectivity index (χ0n) is 15.8. The molecule has 2 heterocycles. The maximum Gasteiger partial charge on any atom is 0.319 e. The highest BCUT2D eigenvalue weighted by molar-refractivity contribution is 5.68. The predicted octanol–water partition coefficient (Wildman–Crippen LogP) is 3.89. The van der Waals surface area contributed by atoms with Gasteiger partial charge in [0.2, 0.25) is 5.88 Å². The van der Waals surface area contributed by atoms with E-state index >= 15 is 0 Å². The van der Waals surface area contributed by atoms with Crippen LogP contribution in [0.25, 0.3) is 11.1 Å². The Morgan fingerprint density at radius 1 is 1.08 bits per heavy atom. The van der Waals surface area contributed by atoms with Crippen molar-refractivity contribution in [3.8, 4) is 23.0 Å². The van der Waals surface area contributed by atoms with E-state index in [-0.39, 0.29) is 0 Å². The van der Waals surface area contributed by atoms with Crippen LogP contribution in [-0.4, -0.2) is 47.7 Å². The lowest BCUT2D eigenvalue weighted by atomic mass is 9.74. The second kappa shape index (κ2) is 7.23. The van der Waals surface area contributed by atoms with Crippen LogP contribution in [0.1, 0.15) is 44.1 Å². The minimum atomic E-state index is 0.318. The van der Waals surface area contributed by atoms with Gasteiger partial charge in [-0.05, 0) is 56.2 Å².